The molecular formula is C10H16F2O7S. The molecule has 0 aromatic carbocycles. The average molecular weight is 318 g/mol. The van der Waals surface area contributed by atoms with Crippen molar-refractivity contribution in [3.05, 3.63) is 12.2 Å². The minimum atomic E-state index is -5.48. The Labute approximate surface area is 115 Å². The molecule has 0 aliphatic heterocycles. The fourth-order valence-corrected chi connectivity index (χ4v) is 1.20. The molecule has 0 heterocycles. The summed E-state index contributed by atoms with van der Waals surface area (Å²) in [6.07, 6.45) is -1.24. The smallest absolute Gasteiger partial charge is 0.372 e. The third-order valence-corrected chi connectivity index (χ3v) is 2.92. The minimum Gasteiger partial charge on any atom is -0.435 e. The Bertz CT molecular complexity index is 433. The summed E-state index contributed by atoms with van der Waals surface area (Å²) in [5.74, 6) is -0.819. The number of rotatable bonds is 10. The van der Waals surface area contributed by atoms with E-state index in [0.717, 1.165) is 0 Å². The first-order chi connectivity index (χ1) is 9.12. The summed E-state index contributed by atoms with van der Waals surface area (Å²) in [5, 5.41) is -4.30. The first kappa shape index (κ1) is 18.9. The van der Waals surface area contributed by atoms with Crippen molar-refractivity contribution >= 4 is 16.1 Å². The predicted octanol–water partition coefficient (Wildman–Crippen LogP) is 0.967. The number of hydrogen-bond donors (Lipinski definition) is 1. The SMILES string of the molecule is C=C(COCCC(F)(F)S(=O)(=O)O)C(=O)OCOCC. The van der Waals surface area contributed by atoms with Crippen LogP contribution < -0.4 is 0 Å². The van der Waals surface area contributed by atoms with Crippen LogP contribution in [0.3, 0.4) is 0 Å². The largest absolute Gasteiger partial charge is 0.435 e. The maximum Gasteiger partial charge on any atom is 0.372 e. The number of halogens is 2. The molecule has 0 aromatic rings. The van der Waals surface area contributed by atoms with Gasteiger partial charge in [0.1, 0.15) is 0 Å². The van der Waals surface area contributed by atoms with Crippen LogP contribution >= 0.6 is 0 Å². The number of carbonyl (C=O) groups is 1. The molecule has 0 radical (unpaired) electrons. The number of esters is 1. The zero-order valence-electron chi connectivity index (χ0n) is 10.8. The van der Waals surface area contributed by atoms with Crippen LogP contribution in [0.4, 0.5) is 8.78 Å². The van der Waals surface area contributed by atoms with Gasteiger partial charge >= 0.3 is 21.3 Å². The maximum absolute atomic E-state index is 12.8. The molecule has 0 fully saturated rings. The van der Waals surface area contributed by atoms with E-state index >= 15 is 0 Å². The van der Waals surface area contributed by atoms with Crippen molar-refractivity contribution in [2.24, 2.45) is 0 Å². The van der Waals surface area contributed by atoms with Gasteiger partial charge in [0.15, 0.2) is 6.79 Å². The fourth-order valence-electron chi connectivity index (χ4n) is 0.855. The lowest BCUT2D eigenvalue weighted by Crippen LogP contribution is -2.29. The van der Waals surface area contributed by atoms with Gasteiger partial charge in [0, 0.05) is 6.61 Å². The van der Waals surface area contributed by atoms with Crippen LogP contribution in [0, 0.1) is 0 Å². The van der Waals surface area contributed by atoms with Crippen LogP contribution in [0.25, 0.3) is 0 Å². The van der Waals surface area contributed by atoms with E-state index in [1.54, 1.807) is 6.92 Å². The first-order valence-electron chi connectivity index (χ1n) is 5.47. The third-order valence-electron chi connectivity index (χ3n) is 1.96. The van der Waals surface area contributed by atoms with Gasteiger partial charge in [-0.1, -0.05) is 6.58 Å². The predicted molar refractivity (Wildman–Crippen MR) is 63.7 cm³/mol. The van der Waals surface area contributed by atoms with Crippen molar-refractivity contribution in [1.29, 1.82) is 0 Å². The molecule has 0 amide bonds. The molecule has 0 aliphatic carbocycles. The summed E-state index contributed by atoms with van der Waals surface area (Å²) >= 11 is 0. The highest BCUT2D eigenvalue weighted by Crippen LogP contribution is 2.24. The Morgan fingerprint density at radius 2 is 1.95 bits per heavy atom. The molecule has 20 heavy (non-hydrogen) atoms. The van der Waals surface area contributed by atoms with E-state index in [-0.39, 0.29) is 12.4 Å². The molecular weight excluding hydrogens is 302 g/mol. The van der Waals surface area contributed by atoms with Gasteiger partial charge < -0.3 is 14.2 Å². The Kier molecular flexibility index (Phi) is 7.79. The molecule has 118 valence electrons. The summed E-state index contributed by atoms with van der Waals surface area (Å²) in [6, 6.07) is 0. The Hall–Kier alpha value is -1.10. The van der Waals surface area contributed by atoms with Crippen molar-refractivity contribution in [3.8, 4) is 0 Å². The van der Waals surface area contributed by atoms with Crippen LogP contribution in [0.15, 0.2) is 12.2 Å². The van der Waals surface area contributed by atoms with E-state index in [1.807, 2.05) is 0 Å². The zero-order valence-corrected chi connectivity index (χ0v) is 11.6. The number of alkyl halides is 2. The second kappa shape index (κ2) is 8.25. The highest BCUT2D eigenvalue weighted by molar-refractivity contribution is 7.86. The molecule has 0 saturated carbocycles. The quantitative estimate of drug-likeness (QED) is 0.211. The molecule has 0 atom stereocenters. The van der Waals surface area contributed by atoms with Crippen molar-refractivity contribution in [1.82, 2.24) is 0 Å². The maximum atomic E-state index is 12.8. The van der Waals surface area contributed by atoms with E-state index in [4.69, 9.17) is 9.29 Å². The summed E-state index contributed by atoms with van der Waals surface area (Å²) < 4.78 is 68.3. The molecule has 0 aromatic heterocycles. The minimum absolute atomic E-state index is 0.139. The van der Waals surface area contributed by atoms with Crippen molar-refractivity contribution in [3.63, 3.8) is 0 Å². The summed E-state index contributed by atoms with van der Waals surface area (Å²) in [7, 11) is -5.48. The van der Waals surface area contributed by atoms with Crippen LogP contribution in [-0.4, -0.2) is 50.8 Å². The van der Waals surface area contributed by atoms with E-state index < -0.39 is 41.0 Å². The molecule has 10 heteroatoms. The Morgan fingerprint density at radius 1 is 1.35 bits per heavy atom. The molecule has 0 bridgehead atoms. The molecule has 7 nitrogen and oxygen atoms in total. The van der Waals surface area contributed by atoms with Gasteiger partial charge in [-0.15, -0.1) is 0 Å². The number of carbonyl (C=O) groups excluding carboxylic acids is 1. The van der Waals surface area contributed by atoms with E-state index in [2.05, 4.69) is 16.1 Å². The lowest BCUT2D eigenvalue weighted by Gasteiger charge is -2.13. The zero-order chi connectivity index (χ0) is 15.8. The fraction of sp³-hybridized carbons (Fsp3) is 0.700. The number of ether oxygens (including phenoxy) is 3. The average Bonchev–Trinajstić information content (AvgIpc) is 2.33. The normalized spacial score (nSPS) is 12.2. The monoisotopic (exact) mass is 318 g/mol. The topological polar surface area (TPSA) is 99.1 Å². The molecule has 0 saturated heterocycles. The first-order valence-corrected chi connectivity index (χ1v) is 6.91. The van der Waals surface area contributed by atoms with Crippen LogP contribution in [0.5, 0.6) is 0 Å². The summed E-state index contributed by atoms with van der Waals surface area (Å²) in [4.78, 5) is 11.2. The van der Waals surface area contributed by atoms with Crippen molar-refractivity contribution in [2.75, 3.05) is 26.6 Å². The van der Waals surface area contributed by atoms with Gasteiger partial charge in [-0.05, 0) is 6.92 Å². The number of hydrogen-bond acceptors (Lipinski definition) is 6. The molecule has 0 unspecified atom stereocenters. The summed E-state index contributed by atoms with van der Waals surface area (Å²) in [5.41, 5.74) is -0.139. The van der Waals surface area contributed by atoms with Gasteiger partial charge in [-0.3, -0.25) is 4.55 Å². The van der Waals surface area contributed by atoms with Gasteiger partial charge in [0.05, 0.1) is 25.2 Å². The van der Waals surface area contributed by atoms with Gasteiger partial charge in [-0.25, -0.2) is 4.79 Å². The van der Waals surface area contributed by atoms with Gasteiger partial charge in [0.25, 0.3) is 0 Å². The second-order valence-electron chi connectivity index (χ2n) is 3.56. The molecule has 0 aliphatic rings. The lowest BCUT2D eigenvalue weighted by molar-refractivity contribution is -0.151. The Balaban J connectivity index is 3.96. The highest BCUT2D eigenvalue weighted by atomic mass is 32.2. The Morgan fingerprint density at radius 3 is 2.45 bits per heavy atom. The molecule has 1 N–H and O–H groups in total. The highest BCUT2D eigenvalue weighted by Gasteiger charge is 2.43. The molecule has 0 rings (SSSR count). The third kappa shape index (κ3) is 6.89. The van der Waals surface area contributed by atoms with Crippen LogP contribution in [0.2, 0.25) is 0 Å². The molecule has 0 spiro atoms. The summed E-state index contributed by atoms with van der Waals surface area (Å²) in [6.45, 7) is 3.98. The standard InChI is InChI=1S/C10H16F2O7S/c1-3-17-7-19-9(13)8(2)6-18-5-4-10(11,12)20(14,15)16/h2-7H2,1H3,(H,14,15,16). The van der Waals surface area contributed by atoms with Crippen molar-refractivity contribution < 1.29 is 40.8 Å². The van der Waals surface area contributed by atoms with Gasteiger partial charge in [-0.2, -0.15) is 17.2 Å². The van der Waals surface area contributed by atoms with Crippen LogP contribution in [-0.2, 0) is 29.1 Å². The van der Waals surface area contributed by atoms with E-state index in [1.165, 1.54) is 0 Å². The lowest BCUT2D eigenvalue weighted by atomic mass is 10.3. The van der Waals surface area contributed by atoms with E-state index in [0.29, 0.717) is 6.61 Å². The second-order valence-corrected chi connectivity index (χ2v) is 5.11. The van der Waals surface area contributed by atoms with Gasteiger partial charge in [0.2, 0.25) is 0 Å². The van der Waals surface area contributed by atoms with E-state index in [9.17, 15) is 22.0 Å². The van der Waals surface area contributed by atoms with Crippen LogP contribution in [0.1, 0.15) is 13.3 Å². The van der Waals surface area contributed by atoms with Crippen molar-refractivity contribution in [2.45, 2.75) is 18.6 Å².